The number of aromatic amines is 1. The third kappa shape index (κ3) is 1.94. The zero-order chi connectivity index (χ0) is 13.4. The number of benzene rings is 1. The molecule has 0 amide bonds. The van der Waals surface area contributed by atoms with Crippen LogP contribution in [-0.2, 0) is 0 Å². The highest BCUT2D eigenvalue weighted by molar-refractivity contribution is 7.80. The molecule has 1 N–H and O–H groups in total. The van der Waals surface area contributed by atoms with Crippen molar-refractivity contribution in [3.8, 4) is 17.1 Å². The summed E-state index contributed by atoms with van der Waals surface area (Å²) in [4.78, 5) is 16.7. The largest absolute Gasteiger partial charge is 0.495 e. The Kier molecular flexibility index (Phi) is 2.87. The molecule has 0 bridgehead atoms. The SMILES string of the molecule is COc1c(-c2nc3nccnc3[nH]2)ccc(C)c1S. The van der Waals surface area contributed by atoms with Crippen molar-refractivity contribution in [2.45, 2.75) is 11.8 Å². The minimum absolute atomic E-state index is 0.584. The maximum absolute atomic E-state index is 5.43. The molecule has 19 heavy (non-hydrogen) atoms. The van der Waals surface area contributed by atoms with Crippen LogP contribution in [-0.4, -0.2) is 27.0 Å². The van der Waals surface area contributed by atoms with Gasteiger partial charge in [0.25, 0.3) is 0 Å². The van der Waals surface area contributed by atoms with Crippen LogP contribution in [0.2, 0.25) is 0 Å². The van der Waals surface area contributed by atoms with E-state index in [1.807, 2.05) is 19.1 Å². The molecule has 2 heterocycles. The fourth-order valence-electron chi connectivity index (χ4n) is 1.94. The molecule has 5 nitrogen and oxygen atoms in total. The van der Waals surface area contributed by atoms with E-state index in [4.69, 9.17) is 4.74 Å². The van der Waals surface area contributed by atoms with Crippen LogP contribution in [0.5, 0.6) is 5.75 Å². The molecule has 0 atom stereocenters. The highest BCUT2D eigenvalue weighted by Gasteiger charge is 2.15. The number of aryl methyl sites for hydroxylation is 1. The molecule has 2 aromatic heterocycles. The Morgan fingerprint density at radius 3 is 2.74 bits per heavy atom. The van der Waals surface area contributed by atoms with Crippen molar-refractivity contribution in [1.82, 2.24) is 19.9 Å². The molecule has 0 fully saturated rings. The first-order valence-electron chi connectivity index (χ1n) is 5.74. The number of aromatic nitrogens is 4. The van der Waals surface area contributed by atoms with Gasteiger partial charge in [-0.2, -0.15) is 0 Å². The highest BCUT2D eigenvalue weighted by Crippen LogP contribution is 2.36. The van der Waals surface area contributed by atoms with Crippen molar-refractivity contribution < 1.29 is 4.74 Å². The number of hydrogen-bond acceptors (Lipinski definition) is 5. The fourth-order valence-corrected chi connectivity index (χ4v) is 2.22. The van der Waals surface area contributed by atoms with Crippen molar-refractivity contribution in [2.24, 2.45) is 0 Å². The summed E-state index contributed by atoms with van der Waals surface area (Å²) in [6.45, 7) is 1.98. The van der Waals surface area contributed by atoms with Crippen LogP contribution in [0, 0.1) is 6.92 Å². The van der Waals surface area contributed by atoms with E-state index in [2.05, 4.69) is 32.6 Å². The smallest absolute Gasteiger partial charge is 0.197 e. The molecule has 3 rings (SSSR count). The number of imidazole rings is 1. The molecule has 0 saturated carbocycles. The average Bonchev–Trinajstić information content (AvgIpc) is 2.85. The lowest BCUT2D eigenvalue weighted by Crippen LogP contribution is -1.93. The van der Waals surface area contributed by atoms with Crippen LogP contribution in [0.25, 0.3) is 22.7 Å². The van der Waals surface area contributed by atoms with Gasteiger partial charge in [-0.3, -0.25) is 0 Å². The Hall–Kier alpha value is -2.08. The molecular formula is C13H12N4OS. The maximum atomic E-state index is 5.43. The quantitative estimate of drug-likeness (QED) is 0.704. The van der Waals surface area contributed by atoms with E-state index < -0.39 is 0 Å². The molecule has 0 unspecified atom stereocenters. The summed E-state index contributed by atoms with van der Waals surface area (Å²) in [7, 11) is 1.62. The van der Waals surface area contributed by atoms with Crippen LogP contribution < -0.4 is 4.74 Å². The molecular weight excluding hydrogens is 260 g/mol. The average molecular weight is 272 g/mol. The molecule has 0 radical (unpaired) electrons. The lowest BCUT2D eigenvalue weighted by molar-refractivity contribution is 0.406. The number of ether oxygens (including phenoxy) is 1. The zero-order valence-electron chi connectivity index (χ0n) is 10.5. The number of rotatable bonds is 2. The minimum atomic E-state index is 0.584. The summed E-state index contributed by atoms with van der Waals surface area (Å²) < 4.78 is 5.43. The molecule has 96 valence electrons. The Balaban J connectivity index is 2.23. The van der Waals surface area contributed by atoms with Gasteiger partial charge in [0.15, 0.2) is 11.3 Å². The van der Waals surface area contributed by atoms with E-state index in [1.54, 1.807) is 19.5 Å². The number of thiol groups is 1. The maximum Gasteiger partial charge on any atom is 0.197 e. The second kappa shape index (κ2) is 4.55. The Bertz CT molecular complexity index is 720. The van der Waals surface area contributed by atoms with Crippen LogP contribution in [0.4, 0.5) is 0 Å². The Morgan fingerprint density at radius 1 is 1.21 bits per heavy atom. The van der Waals surface area contributed by atoms with E-state index in [-0.39, 0.29) is 0 Å². The molecule has 0 aliphatic rings. The highest BCUT2D eigenvalue weighted by atomic mass is 32.1. The molecule has 0 spiro atoms. The normalized spacial score (nSPS) is 10.9. The summed E-state index contributed by atoms with van der Waals surface area (Å²) in [5, 5.41) is 0. The van der Waals surface area contributed by atoms with E-state index in [1.165, 1.54) is 0 Å². The van der Waals surface area contributed by atoms with Gasteiger partial charge >= 0.3 is 0 Å². The lowest BCUT2D eigenvalue weighted by Gasteiger charge is -2.10. The van der Waals surface area contributed by atoms with Gasteiger partial charge in [-0.1, -0.05) is 6.07 Å². The van der Waals surface area contributed by atoms with Gasteiger partial charge < -0.3 is 9.72 Å². The van der Waals surface area contributed by atoms with Gasteiger partial charge in [-0.25, -0.2) is 15.0 Å². The number of nitrogens with zero attached hydrogens (tertiary/aromatic N) is 3. The second-order valence-electron chi connectivity index (χ2n) is 4.13. The van der Waals surface area contributed by atoms with Crippen molar-refractivity contribution in [1.29, 1.82) is 0 Å². The van der Waals surface area contributed by atoms with Gasteiger partial charge in [0, 0.05) is 17.3 Å². The number of hydrogen-bond donors (Lipinski definition) is 2. The third-order valence-corrected chi connectivity index (χ3v) is 3.48. The molecule has 1 aromatic carbocycles. The first-order chi connectivity index (χ1) is 9.20. The monoisotopic (exact) mass is 272 g/mol. The molecule has 0 aliphatic carbocycles. The van der Waals surface area contributed by atoms with E-state index >= 15 is 0 Å². The predicted molar refractivity (Wildman–Crippen MR) is 75.7 cm³/mol. The first kappa shape index (κ1) is 12.0. The lowest BCUT2D eigenvalue weighted by atomic mass is 10.1. The summed E-state index contributed by atoms with van der Waals surface area (Å²) in [6, 6.07) is 3.93. The second-order valence-corrected chi connectivity index (χ2v) is 4.57. The van der Waals surface area contributed by atoms with Crippen molar-refractivity contribution in [3.63, 3.8) is 0 Å². The topological polar surface area (TPSA) is 63.7 Å². The van der Waals surface area contributed by atoms with Crippen LogP contribution in [0.1, 0.15) is 5.56 Å². The van der Waals surface area contributed by atoms with E-state index in [0.29, 0.717) is 22.9 Å². The van der Waals surface area contributed by atoms with Gasteiger partial charge in [0.05, 0.1) is 12.7 Å². The summed E-state index contributed by atoms with van der Waals surface area (Å²) in [6.07, 6.45) is 3.24. The van der Waals surface area contributed by atoms with Gasteiger partial charge in [-0.05, 0) is 18.6 Å². The van der Waals surface area contributed by atoms with Gasteiger partial charge in [0.1, 0.15) is 11.6 Å². The summed E-state index contributed by atoms with van der Waals surface area (Å²) in [5.41, 5.74) is 3.14. The minimum Gasteiger partial charge on any atom is -0.495 e. The van der Waals surface area contributed by atoms with Crippen LogP contribution in [0.15, 0.2) is 29.4 Å². The fraction of sp³-hybridized carbons (Fsp3) is 0.154. The number of methoxy groups -OCH3 is 1. The molecule has 0 saturated heterocycles. The molecule has 3 aromatic rings. The van der Waals surface area contributed by atoms with Crippen molar-refractivity contribution >= 4 is 23.9 Å². The Morgan fingerprint density at radius 2 is 2.00 bits per heavy atom. The number of nitrogens with one attached hydrogen (secondary N) is 1. The van der Waals surface area contributed by atoms with E-state index in [9.17, 15) is 0 Å². The molecule has 0 aliphatic heterocycles. The van der Waals surface area contributed by atoms with Gasteiger partial charge in [0.2, 0.25) is 0 Å². The first-order valence-corrected chi connectivity index (χ1v) is 6.19. The number of fused-ring (bicyclic) bond motifs is 1. The van der Waals surface area contributed by atoms with Crippen molar-refractivity contribution in [2.75, 3.05) is 7.11 Å². The summed E-state index contributed by atoms with van der Waals surface area (Å²) >= 11 is 4.48. The van der Waals surface area contributed by atoms with Crippen molar-refractivity contribution in [3.05, 3.63) is 30.1 Å². The third-order valence-electron chi connectivity index (χ3n) is 2.93. The van der Waals surface area contributed by atoms with Crippen LogP contribution in [0.3, 0.4) is 0 Å². The summed E-state index contributed by atoms with van der Waals surface area (Å²) in [5.74, 6) is 1.37. The Labute approximate surface area is 115 Å². The van der Waals surface area contributed by atoms with Crippen LogP contribution >= 0.6 is 12.6 Å². The molecule has 6 heteroatoms. The van der Waals surface area contributed by atoms with E-state index in [0.717, 1.165) is 16.0 Å². The van der Waals surface area contributed by atoms with Gasteiger partial charge in [-0.15, -0.1) is 12.6 Å². The number of H-pyrrole nitrogens is 1. The standard InChI is InChI=1S/C13H12N4OS/c1-7-3-4-8(9(18-2)10(7)19)11-16-12-13(17-11)15-6-5-14-12/h3-6,19H,1-2H3,(H,14,15,16,17). The predicted octanol–water partition coefficient (Wildman–Crippen LogP) is 2.63. The zero-order valence-corrected chi connectivity index (χ0v) is 11.4.